The van der Waals surface area contributed by atoms with Crippen molar-refractivity contribution in [2.75, 3.05) is 0 Å². The van der Waals surface area contributed by atoms with E-state index in [1.807, 2.05) is 46.6 Å². The minimum atomic E-state index is 0.192. The smallest absolute Gasteiger partial charge is 0.202 e. The van der Waals surface area contributed by atoms with Gasteiger partial charge in [0.2, 0.25) is 5.82 Å². The average Bonchev–Trinajstić information content (AvgIpc) is 3.31. The fourth-order valence-corrected chi connectivity index (χ4v) is 4.31. The molecule has 0 aliphatic heterocycles. The van der Waals surface area contributed by atoms with Crippen molar-refractivity contribution in [1.29, 1.82) is 0 Å². The van der Waals surface area contributed by atoms with E-state index in [1.54, 1.807) is 12.1 Å². The molecule has 2 aromatic carbocycles. The van der Waals surface area contributed by atoms with Gasteiger partial charge < -0.3 is 0 Å². The highest BCUT2D eigenvalue weighted by molar-refractivity contribution is 6.35. The molecule has 0 fully saturated rings. The predicted octanol–water partition coefficient (Wildman–Crippen LogP) is 7.77. The lowest BCUT2D eigenvalue weighted by molar-refractivity contribution is 0.493. The Hall–Kier alpha value is -2.34. The first-order valence-electron chi connectivity index (χ1n) is 10.4. The summed E-state index contributed by atoms with van der Waals surface area (Å²) in [6.07, 6.45) is 0. The zero-order valence-corrected chi connectivity index (χ0v) is 20.8. The predicted molar refractivity (Wildman–Crippen MR) is 132 cm³/mol. The highest BCUT2D eigenvalue weighted by atomic mass is 35.5. The fourth-order valence-electron chi connectivity index (χ4n) is 3.69. The summed E-state index contributed by atoms with van der Waals surface area (Å²) in [5.74, 6) is 1.77. The van der Waals surface area contributed by atoms with Gasteiger partial charge in [-0.15, -0.1) is 5.10 Å². The van der Waals surface area contributed by atoms with Crippen LogP contribution in [-0.4, -0.2) is 24.5 Å². The van der Waals surface area contributed by atoms with E-state index in [0.717, 1.165) is 28.3 Å². The van der Waals surface area contributed by atoms with Crippen LogP contribution in [0.2, 0.25) is 15.1 Å². The second kappa shape index (κ2) is 8.89. The topological polar surface area (TPSA) is 48.5 Å². The highest BCUT2D eigenvalue weighted by Gasteiger charge is 2.24. The highest BCUT2D eigenvalue weighted by Crippen LogP contribution is 2.36. The Kier molecular flexibility index (Phi) is 6.35. The van der Waals surface area contributed by atoms with Gasteiger partial charge in [-0.2, -0.15) is 5.10 Å². The Bertz CT molecular complexity index is 1240. The minimum Gasteiger partial charge on any atom is -0.247 e. The second-order valence-corrected chi connectivity index (χ2v) is 9.60. The minimum absolute atomic E-state index is 0.192. The van der Waals surface area contributed by atoms with Crippen molar-refractivity contribution in [3.05, 3.63) is 68.9 Å². The van der Waals surface area contributed by atoms with Gasteiger partial charge in [0.1, 0.15) is 11.5 Å². The molecule has 0 bridgehead atoms. The molecular weight excluding hydrogens is 465 g/mol. The third-order valence-electron chi connectivity index (χ3n) is 5.25. The van der Waals surface area contributed by atoms with E-state index >= 15 is 0 Å². The number of benzene rings is 2. The first-order chi connectivity index (χ1) is 15.2. The van der Waals surface area contributed by atoms with Crippen molar-refractivity contribution in [1.82, 2.24) is 24.5 Å². The van der Waals surface area contributed by atoms with Crippen molar-refractivity contribution in [2.24, 2.45) is 0 Å². The van der Waals surface area contributed by atoms with Crippen molar-refractivity contribution in [3.63, 3.8) is 0 Å². The number of nitrogens with zero attached hydrogens (tertiary/aromatic N) is 5. The van der Waals surface area contributed by atoms with Crippen LogP contribution in [-0.2, 0) is 0 Å². The molecule has 0 radical (unpaired) electrons. The van der Waals surface area contributed by atoms with Crippen molar-refractivity contribution in [2.45, 2.75) is 46.6 Å². The van der Waals surface area contributed by atoms with Gasteiger partial charge in [0.25, 0.3) is 0 Å². The van der Waals surface area contributed by atoms with Crippen LogP contribution in [0.4, 0.5) is 0 Å². The Morgan fingerprint density at radius 1 is 0.844 bits per heavy atom. The third kappa shape index (κ3) is 4.17. The summed E-state index contributed by atoms with van der Waals surface area (Å²) in [6.45, 7) is 10.5. The second-order valence-electron chi connectivity index (χ2n) is 8.32. The van der Waals surface area contributed by atoms with E-state index in [1.165, 1.54) is 0 Å². The zero-order chi connectivity index (χ0) is 23.2. The molecule has 0 atom stereocenters. The Balaban J connectivity index is 1.98. The molecule has 166 valence electrons. The molecule has 4 aromatic rings. The Morgan fingerprint density at radius 3 is 2.06 bits per heavy atom. The first kappa shape index (κ1) is 22.8. The summed E-state index contributed by atoms with van der Waals surface area (Å²) in [4.78, 5) is 4.86. The van der Waals surface area contributed by atoms with E-state index in [2.05, 4.69) is 27.7 Å². The molecule has 0 aliphatic carbocycles. The van der Waals surface area contributed by atoms with Crippen LogP contribution in [0.3, 0.4) is 0 Å². The van der Waals surface area contributed by atoms with E-state index in [-0.39, 0.29) is 12.0 Å². The largest absolute Gasteiger partial charge is 0.247 e. The molecule has 2 aromatic heterocycles. The summed E-state index contributed by atoms with van der Waals surface area (Å²) in [5, 5.41) is 11.5. The van der Waals surface area contributed by atoms with E-state index in [0.29, 0.717) is 26.6 Å². The van der Waals surface area contributed by atoms with Gasteiger partial charge in [-0.1, -0.05) is 60.8 Å². The summed E-state index contributed by atoms with van der Waals surface area (Å²) in [5.41, 5.74) is 4.25. The molecule has 2 heterocycles. The van der Waals surface area contributed by atoms with Crippen LogP contribution in [0.1, 0.15) is 51.0 Å². The van der Waals surface area contributed by atoms with Crippen molar-refractivity contribution < 1.29 is 0 Å². The molecule has 0 saturated carbocycles. The number of hydrogen-bond acceptors (Lipinski definition) is 3. The normalized spacial score (nSPS) is 11.7. The van der Waals surface area contributed by atoms with E-state index < -0.39 is 0 Å². The molecule has 0 aliphatic rings. The Labute approximate surface area is 203 Å². The van der Waals surface area contributed by atoms with Gasteiger partial charge in [-0.3, -0.25) is 0 Å². The van der Waals surface area contributed by atoms with E-state index in [4.69, 9.17) is 50.0 Å². The van der Waals surface area contributed by atoms with Crippen LogP contribution >= 0.6 is 34.8 Å². The van der Waals surface area contributed by atoms with Gasteiger partial charge in [-0.05, 0) is 51.1 Å². The maximum atomic E-state index is 6.57. The quantitative estimate of drug-likeness (QED) is 0.288. The maximum Gasteiger partial charge on any atom is 0.202 e. The molecule has 0 spiro atoms. The van der Waals surface area contributed by atoms with Crippen LogP contribution < -0.4 is 0 Å². The van der Waals surface area contributed by atoms with E-state index in [9.17, 15) is 0 Å². The van der Waals surface area contributed by atoms with Gasteiger partial charge in [-0.25, -0.2) is 14.3 Å². The standard InChI is InChI=1S/C24H24Cl3N5/c1-13(2)24-28-23(30-31(24)14(3)4)21-15(5)22(16-6-8-17(25)9-7-16)32(29-21)20-11-10-18(26)12-19(20)27/h6-14H,1-5H3. The molecule has 5 nitrogen and oxygen atoms in total. The van der Waals surface area contributed by atoms with Gasteiger partial charge in [0, 0.05) is 33.1 Å². The molecule has 0 amide bonds. The van der Waals surface area contributed by atoms with Gasteiger partial charge in [0.15, 0.2) is 0 Å². The number of halogens is 3. The van der Waals surface area contributed by atoms with Crippen LogP contribution in [0.15, 0.2) is 42.5 Å². The average molecular weight is 489 g/mol. The molecule has 4 rings (SSSR count). The van der Waals surface area contributed by atoms with Crippen molar-refractivity contribution in [3.8, 4) is 28.5 Å². The fraction of sp³-hybridized carbons (Fsp3) is 0.292. The summed E-state index contributed by atoms with van der Waals surface area (Å²) >= 11 is 18.8. The lowest BCUT2D eigenvalue weighted by Gasteiger charge is -2.11. The summed E-state index contributed by atoms with van der Waals surface area (Å²) in [7, 11) is 0. The SMILES string of the molecule is Cc1c(-c2nc(C(C)C)n(C(C)C)n2)nn(-c2ccc(Cl)cc2Cl)c1-c1ccc(Cl)cc1. The van der Waals surface area contributed by atoms with Gasteiger partial charge in [0.05, 0.1) is 16.4 Å². The molecule has 0 saturated heterocycles. The zero-order valence-electron chi connectivity index (χ0n) is 18.6. The third-order valence-corrected chi connectivity index (χ3v) is 6.04. The molecule has 32 heavy (non-hydrogen) atoms. The number of hydrogen-bond donors (Lipinski definition) is 0. The number of rotatable bonds is 5. The van der Waals surface area contributed by atoms with Crippen LogP contribution in [0, 0.1) is 6.92 Å². The molecule has 0 unspecified atom stereocenters. The van der Waals surface area contributed by atoms with Crippen molar-refractivity contribution >= 4 is 34.8 Å². The summed E-state index contributed by atoms with van der Waals surface area (Å²) in [6, 6.07) is 13.2. The molecule has 8 heteroatoms. The Morgan fingerprint density at radius 2 is 1.50 bits per heavy atom. The van der Waals surface area contributed by atoms with Crippen LogP contribution in [0.5, 0.6) is 0 Å². The lowest BCUT2D eigenvalue weighted by Crippen LogP contribution is -2.09. The monoisotopic (exact) mass is 487 g/mol. The lowest BCUT2D eigenvalue weighted by atomic mass is 10.1. The van der Waals surface area contributed by atoms with Crippen LogP contribution in [0.25, 0.3) is 28.5 Å². The maximum absolute atomic E-state index is 6.57. The first-order valence-corrected chi connectivity index (χ1v) is 11.6. The molecular formula is C24H24Cl3N5. The van der Waals surface area contributed by atoms with Gasteiger partial charge >= 0.3 is 0 Å². The summed E-state index contributed by atoms with van der Waals surface area (Å²) < 4.78 is 3.80. The molecule has 0 N–H and O–H groups in total. The number of aromatic nitrogens is 5.